The summed E-state index contributed by atoms with van der Waals surface area (Å²) in [7, 11) is 1.83. The first-order valence-electron chi connectivity index (χ1n) is 6.44. The van der Waals surface area contributed by atoms with Crippen molar-refractivity contribution in [3.05, 3.63) is 30.1 Å². The van der Waals surface area contributed by atoms with Gasteiger partial charge in [-0.2, -0.15) is 0 Å². The summed E-state index contributed by atoms with van der Waals surface area (Å²) in [5.74, 6) is -0.462. The Hall–Kier alpha value is -1.46. The molecule has 1 aromatic rings. The Morgan fingerprint density at radius 1 is 1.37 bits per heavy atom. The molecule has 1 aliphatic rings. The Morgan fingerprint density at radius 3 is 2.58 bits per heavy atom. The molecule has 0 radical (unpaired) electrons. The second kappa shape index (κ2) is 5.67. The van der Waals surface area contributed by atoms with Gasteiger partial charge in [0, 0.05) is 18.3 Å². The Morgan fingerprint density at radius 2 is 2.00 bits per heavy atom. The average molecular weight is 266 g/mol. The summed E-state index contributed by atoms with van der Waals surface area (Å²) < 4.78 is 13.0. The number of amides is 1. The van der Waals surface area contributed by atoms with Crippen molar-refractivity contribution in [2.45, 2.75) is 25.4 Å². The minimum atomic E-state index is -0.532. The Bertz CT molecular complexity index is 449. The molecule has 1 saturated heterocycles. The van der Waals surface area contributed by atoms with Gasteiger partial charge in [0.15, 0.2) is 0 Å². The van der Waals surface area contributed by atoms with E-state index in [2.05, 4.69) is 0 Å². The van der Waals surface area contributed by atoms with Crippen molar-refractivity contribution < 1.29 is 14.3 Å². The van der Waals surface area contributed by atoms with Crippen molar-refractivity contribution in [1.29, 1.82) is 0 Å². The highest BCUT2D eigenvalue weighted by atomic mass is 19.1. The lowest BCUT2D eigenvalue weighted by Crippen LogP contribution is -2.48. The molecule has 0 aliphatic carbocycles. The predicted octanol–water partition coefficient (Wildman–Crippen LogP) is 1.24. The van der Waals surface area contributed by atoms with Gasteiger partial charge >= 0.3 is 0 Å². The topological polar surface area (TPSA) is 43.8 Å². The number of likely N-dealkylation sites (N-methyl/N-ethyl adjacent to an activating group) is 1. The number of carbonyl (C=O) groups excluding carboxylic acids is 1. The summed E-state index contributed by atoms with van der Waals surface area (Å²) in [6.07, 6.45) is 0.816. The molecule has 104 valence electrons. The van der Waals surface area contributed by atoms with E-state index in [9.17, 15) is 14.3 Å². The van der Waals surface area contributed by atoms with Gasteiger partial charge in [-0.15, -0.1) is 0 Å². The third-order valence-corrected chi connectivity index (χ3v) is 3.67. The fourth-order valence-corrected chi connectivity index (χ4v) is 2.44. The van der Waals surface area contributed by atoms with E-state index in [0.717, 1.165) is 13.0 Å². The van der Waals surface area contributed by atoms with Crippen LogP contribution in [-0.4, -0.2) is 48.2 Å². The summed E-state index contributed by atoms with van der Waals surface area (Å²) in [5.41, 5.74) is 0.674. The monoisotopic (exact) mass is 266 g/mol. The highest BCUT2D eigenvalue weighted by molar-refractivity contribution is 5.98. The Labute approximate surface area is 112 Å². The number of hydrogen-bond donors (Lipinski definition) is 1. The van der Waals surface area contributed by atoms with Crippen LogP contribution in [0.15, 0.2) is 24.3 Å². The lowest BCUT2D eigenvalue weighted by molar-refractivity contribution is -0.124. The van der Waals surface area contributed by atoms with Gasteiger partial charge in [0.1, 0.15) is 11.9 Å². The number of nitrogens with zero attached hydrogens (tertiary/aromatic N) is 2. The normalized spacial score (nSPS) is 25.5. The predicted molar refractivity (Wildman–Crippen MR) is 71.5 cm³/mol. The van der Waals surface area contributed by atoms with Crippen LogP contribution in [0, 0.1) is 5.82 Å². The van der Waals surface area contributed by atoms with Crippen LogP contribution in [-0.2, 0) is 4.79 Å². The average Bonchev–Trinajstić information content (AvgIpc) is 2.49. The van der Waals surface area contributed by atoms with E-state index in [4.69, 9.17) is 0 Å². The molecular weight excluding hydrogens is 247 g/mol. The molecule has 5 heteroatoms. The molecule has 0 aromatic heterocycles. The summed E-state index contributed by atoms with van der Waals surface area (Å²) in [4.78, 5) is 16.0. The molecule has 1 fully saturated rings. The van der Waals surface area contributed by atoms with E-state index in [0.29, 0.717) is 5.69 Å². The molecule has 2 unspecified atom stereocenters. The van der Waals surface area contributed by atoms with Crippen molar-refractivity contribution in [3.63, 3.8) is 0 Å². The Kier molecular flexibility index (Phi) is 4.17. The molecule has 1 aromatic carbocycles. The van der Waals surface area contributed by atoms with Crippen LogP contribution in [0.25, 0.3) is 0 Å². The van der Waals surface area contributed by atoms with Crippen LogP contribution in [0.4, 0.5) is 10.1 Å². The Balaban J connectivity index is 2.35. The summed E-state index contributed by atoms with van der Waals surface area (Å²) in [6.45, 7) is 2.50. The van der Waals surface area contributed by atoms with Gasteiger partial charge in [-0.25, -0.2) is 4.39 Å². The quantitative estimate of drug-likeness (QED) is 0.876. The zero-order valence-electron chi connectivity index (χ0n) is 11.2. The number of hydrogen-bond acceptors (Lipinski definition) is 3. The SMILES string of the molecule is CC1CCN(C)C(CO)C(=O)N1c1ccc(F)cc1. The van der Waals surface area contributed by atoms with E-state index >= 15 is 0 Å². The molecule has 0 spiro atoms. The third-order valence-electron chi connectivity index (χ3n) is 3.67. The molecule has 1 N–H and O–H groups in total. The van der Waals surface area contributed by atoms with Gasteiger partial charge in [-0.1, -0.05) is 0 Å². The van der Waals surface area contributed by atoms with E-state index < -0.39 is 6.04 Å². The van der Waals surface area contributed by atoms with Gasteiger partial charge in [0.05, 0.1) is 6.61 Å². The summed E-state index contributed by atoms with van der Waals surface area (Å²) in [5, 5.41) is 9.40. The van der Waals surface area contributed by atoms with Gasteiger partial charge in [-0.05, 0) is 44.7 Å². The van der Waals surface area contributed by atoms with Crippen molar-refractivity contribution in [2.24, 2.45) is 0 Å². The van der Waals surface area contributed by atoms with Crippen molar-refractivity contribution >= 4 is 11.6 Å². The zero-order chi connectivity index (χ0) is 14.0. The second-order valence-corrected chi connectivity index (χ2v) is 5.00. The van der Waals surface area contributed by atoms with Gasteiger partial charge in [-0.3, -0.25) is 9.69 Å². The zero-order valence-corrected chi connectivity index (χ0v) is 11.2. The molecule has 0 bridgehead atoms. The van der Waals surface area contributed by atoms with E-state index in [1.807, 2.05) is 18.9 Å². The lowest BCUT2D eigenvalue weighted by Gasteiger charge is -2.30. The molecule has 0 saturated carbocycles. The van der Waals surface area contributed by atoms with Crippen LogP contribution >= 0.6 is 0 Å². The smallest absolute Gasteiger partial charge is 0.246 e. The van der Waals surface area contributed by atoms with Crippen molar-refractivity contribution in [1.82, 2.24) is 4.90 Å². The molecule has 1 amide bonds. The fraction of sp³-hybridized carbons (Fsp3) is 0.500. The number of anilines is 1. The summed E-state index contributed by atoms with van der Waals surface area (Å²) in [6, 6.07) is 5.38. The molecule has 2 rings (SSSR count). The number of benzene rings is 1. The molecule has 1 aliphatic heterocycles. The number of aliphatic hydroxyl groups excluding tert-OH is 1. The molecule has 19 heavy (non-hydrogen) atoms. The lowest BCUT2D eigenvalue weighted by atomic mass is 10.1. The molecule has 4 nitrogen and oxygen atoms in total. The first-order valence-corrected chi connectivity index (χ1v) is 6.44. The minimum Gasteiger partial charge on any atom is -0.394 e. The molecule has 1 heterocycles. The first kappa shape index (κ1) is 14.0. The highest BCUT2D eigenvalue weighted by Gasteiger charge is 2.34. The fourth-order valence-electron chi connectivity index (χ4n) is 2.44. The standard InChI is InChI=1S/C14H19FN2O2/c1-10-7-8-16(2)13(9-18)14(19)17(10)12-5-3-11(15)4-6-12/h3-6,10,13,18H,7-9H2,1-2H3. The third kappa shape index (κ3) is 2.77. The first-order chi connectivity index (χ1) is 9.04. The van der Waals surface area contributed by atoms with Crippen molar-refractivity contribution in [2.75, 3.05) is 25.1 Å². The maximum Gasteiger partial charge on any atom is 0.246 e. The number of carbonyl (C=O) groups is 1. The largest absolute Gasteiger partial charge is 0.394 e. The van der Waals surface area contributed by atoms with E-state index in [1.54, 1.807) is 17.0 Å². The maximum atomic E-state index is 13.0. The van der Waals surface area contributed by atoms with Gasteiger partial charge in [0.2, 0.25) is 5.91 Å². The number of aliphatic hydroxyl groups is 1. The summed E-state index contributed by atoms with van der Waals surface area (Å²) >= 11 is 0. The van der Waals surface area contributed by atoms with Crippen LogP contribution in [0.1, 0.15) is 13.3 Å². The number of halogens is 1. The van der Waals surface area contributed by atoms with Gasteiger partial charge < -0.3 is 10.0 Å². The number of rotatable bonds is 2. The highest BCUT2D eigenvalue weighted by Crippen LogP contribution is 2.24. The van der Waals surface area contributed by atoms with Crippen LogP contribution in [0.3, 0.4) is 0 Å². The molecular formula is C14H19FN2O2. The second-order valence-electron chi connectivity index (χ2n) is 5.00. The van der Waals surface area contributed by atoms with E-state index in [1.165, 1.54) is 12.1 Å². The minimum absolute atomic E-state index is 0.0250. The van der Waals surface area contributed by atoms with E-state index in [-0.39, 0.29) is 24.4 Å². The maximum absolute atomic E-state index is 13.0. The van der Waals surface area contributed by atoms with Crippen LogP contribution in [0.5, 0.6) is 0 Å². The molecule has 2 atom stereocenters. The van der Waals surface area contributed by atoms with Crippen LogP contribution in [0.2, 0.25) is 0 Å². The van der Waals surface area contributed by atoms with Crippen molar-refractivity contribution in [3.8, 4) is 0 Å². The van der Waals surface area contributed by atoms with Gasteiger partial charge in [0.25, 0.3) is 0 Å². The van der Waals surface area contributed by atoms with Crippen LogP contribution < -0.4 is 4.90 Å².